The third kappa shape index (κ3) is 9.53. The van der Waals surface area contributed by atoms with Gasteiger partial charge in [-0.2, -0.15) is 0 Å². The van der Waals surface area contributed by atoms with E-state index < -0.39 is 23.8 Å². The molecule has 0 aliphatic rings. The predicted molar refractivity (Wildman–Crippen MR) is 148 cm³/mol. The van der Waals surface area contributed by atoms with E-state index in [1.807, 2.05) is 54.6 Å². The quantitative estimate of drug-likeness (QED) is 0.296. The van der Waals surface area contributed by atoms with Crippen LogP contribution in [0.5, 0.6) is 5.75 Å². The van der Waals surface area contributed by atoms with Crippen LogP contribution in [0, 0.1) is 0 Å². The topological polar surface area (TPSA) is 109 Å². The predicted octanol–water partition coefficient (Wildman–Crippen LogP) is 4.53. The van der Waals surface area contributed by atoms with Crippen LogP contribution in [0.1, 0.15) is 42.3 Å². The molecule has 3 rings (SSSR count). The van der Waals surface area contributed by atoms with Crippen molar-refractivity contribution in [3.8, 4) is 5.75 Å². The Kier molecular flexibility index (Phi) is 10.3. The van der Waals surface area contributed by atoms with Crippen LogP contribution >= 0.6 is 0 Å². The number of hydrogen-bond donors (Lipinski definition) is 4. The number of hydrogen-bond acceptors (Lipinski definition) is 6. The maximum Gasteiger partial charge on any atom is 0.412 e. The molecule has 0 aliphatic heterocycles. The highest BCUT2D eigenvalue weighted by Gasteiger charge is 2.23. The number of methoxy groups -OCH3 is 1. The molecule has 202 valence electrons. The van der Waals surface area contributed by atoms with E-state index in [1.54, 1.807) is 52.1 Å². The Hall–Kier alpha value is -3.88. The van der Waals surface area contributed by atoms with E-state index in [1.165, 1.54) is 0 Å². The molecule has 3 aromatic rings. The Balaban J connectivity index is 1.66. The van der Waals surface area contributed by atoms with E-state index in [0.29, 0.717) is 24.2 Å². The summed E-state index contributed by atoms with van der Waals surface area (Å²) in [4.78, 5) is 25.3. The molecule has 0 aliphatic carbocycles. The zero-order chi connectivity index (χ0) is 27.5. The summed E-state index contributed by atoms with van der Waals surface area (Å²) in [6.45, 7) is 6.15. The second kappa shape index (κ2) is 13.6. The molecule has 8 nitrogen and oxygen atoms in total. The average Bonchev–Trinajstić information content (AvgIpc) is 2.88. The van der Waals surface area contributed by atoms with E-state index in [-0.39, 0.29) is 12.5 Å². The fourth-order valence-corrected chi connectivity index (χ4v) is 3.85. The van der Waals surface area contributed by atoms with Crippen molar-refractivity contribution in [1.82, 2.24) is 10.6 Å². The fraction of sp³-hybridized carbons (Fsp3) is 0.333. The molecule has 0 saturated carbocycles. The lowest BCUT2D eigenvalue weighted by atomic mass is 10.00. The number of benzene rings is 3. The van der Waals surface area contributed by atoms with Gasteiger partial charge in [0, 0.05) is 24.3 Å². The van der Waals surface area contributed by atoms with Crippen molar-refractivity contribution in [2.45, 2.75) is 51.5 Å². The number of nitrogens with one attached hydrogen (secondary N) is 3. The summed E-state index contributed by atoms with van der Waals surface area (Å²) < 4.78 is 10.6. The highest BCUT2D eigenvalue weighted by Crippen LogP contribution is 2.15. The van der Waals surface area contributed by atoms with Gasteiger partial charge >= 0.3 is 6.09 Å². The molecular formula is C30H37N3O5. The fourth-order valence-electron chi connectivity index (χ4n) is 3.85. The van der Waals surface area contributed by atoms with Gasteiger partial charge in [-0.1, -0.05) is 48.5 Å². The molecule has 0 bridgehead atoms. The van der Waals surface area contributed by atoms with Gasteiger partial charge in [-0.15, -0.1) is 0 Å². The molecule has 0 fully saturated rings. The van der Waals surface area contributed by atoms with Crippen molar-refractivity contribution in [2.24, 2.45) is 0 Å². The zero-order valence-electron chi connectivity index (χ0n) is 22.4. The molecule has 2 atom stereocenters. The molecule has 3 aromatic carbocycles. The molecule has 0 unspecified atom stereocenters. The summed E-state index contributed by atoms with van der Waals surface area (Å²) >= 11 is 0. The van der Waals surface area contributed by atoms with Crippen LogP contribution in [0.2, 0.25) is 0 Å². The first kappa shape index (κ1) is 28.7. The van der Waals surface area contributed by atoms with Gasteiger partial charge in [0.05, 0.1) is 19.3 Å². The van der Waals surface area contributed by atoms with Crippen molar-refractivity contribution in [3.05, 3.63) is 95.6 Å². The summed E-state index contributed by atoms with van der Waals surface area (Å²) in [5, 5.41) is 19.9. The van der Waals surface area contributed by atoms with Gasteiger partial charge in [0.1, 0.15) is 11.4 Å². The number of carbonyl (C=O) groups is 2. The van der Waals surface area contributed by atoms with Crippen LogP contribution in [-0.2, 0) is 17.7 Å². The van der Waals surface area contributed by atoms with Crippen LogP contribution in [0.15, 0.2) is 78.9 Å². The third-order valence-electron chi connectivity index (χ3n) is 5.67. The van der Waals surface area contributed by atoms with E-state index in [0.717, 1.165) is 16.9 Å². The molecule has 0 saturated heterocycles. The number of anilines is 1. The molecule has 8 heteroatoms. The number of aliphatic hydroxyl groups excluding tert-OH is 1. The highest BCUT2D eigenvalue weighted by atomic mass is 16.6. The summed E-state index contributed by atoms with van der Waals surface area (Å²) in [6, 6.07) is 23.4. The van der Waals surface area contributed by atoms with Crippen molar-refractivity contribution in [3.63, 3.8) is 0 Å². The van der Waals surface area contributed by atoms with Gasteiger partial charge in [-0.3, -0.25) is 10.1 Å². The van der Waals surface area contributed by atoms with Gasteiger partial charge in [0.25, 0.3) is 5.91 Å². The smallest absolute Gasteiger partial charge is 0.412 e. The zero-order valence-corrected chi connectivity index (χ0v) is 22.4. The van der Waals surface area contributed by atoms with E-state index >= 15 is 0 Å². The SMILES string of the molecule is COc1cccc(CNC[C@@H](O)[C@H](Cc2ccccc2)NC(=O)c2cccc(NC(=O)OC(C)(C)C)c2)c1. The average molecular weight is 520 g/mol. The minimum Gasteiger partial charge on any atom is -0.497 e. The molecule has 4 N–H and O–H groups in total. The number of aliphatic hydroxyl groups is 1. The molecule has 0 aromatic heterocycles. The second-order valence-electron chi connectivity index (χ2n) is 10.0. The monoisotopic (exact) mass is 519 g/mol. The summed E-state index contributed by atoms with van der Waals surface area (Å²) in [6.07, 6.45) is -1.01. The van der Waals surface area contributed by atoms with Crippen LogP contribution in [-0.4, -0.2) is 48.5 Å². The minimum atomic E-state index is -0.854. The first-order chi connectivity index (χ1) is 18.1. The van der Waals surface area contributed by atoms with Gasteiger partial charge in [0.2, 0.25) is 0 Å². The standard InChI is InChI=1S/C30H37N3O5/c1-30(2,3)38-29(36)32-24-14-9-13-23(18-24)28(35)33-26(17-21-10-6-5-7-11-21)27(34)20-31-19-22-12-8-15-25(16-22)37-4/h5-16,18,26-27,31,34H,17,19-20H2,1-4H3,(H,32,36)(H,33,35)/t26-,27+/m0/s1. The summed E-state index contributed by atoms with van der Waals surface area (Å²) in [5.41, 5.74) is 2.17. The molecule has 38 heavy (non-hydrogen) atoms. The van der Waals surface area contributed by atoms with E-state index in [2.05, 4.69) is 16.0 Å². The second-order valence-corrected chi connectivity index (χ2v) is 10.0. The summed E-state index contributed by atoms with van der Waals surface area (Å²) in [7, 11) is 1.62. The number of rotatable bonds is 11. The highest BCUT2D eigenvalue weighted by molar-refractivity contribution is 5.96. The Morgan fingerprint density at radius 2 is 1.63 bits per heavy atom. The molecule has 0 heterocycles. The van der Waals surface area contributed by atoms with Gasteiger partial charge in [0.15, 0.2) is 0 Å². The first-order valence-electron chi connectivity index (χ1n) is 12.6. The Morgan fingerprint density at radius 3 is 2.34 bits per heavy atom. The molecular weight excluding hydrogens is 482 g/mol. The Labute approximate surface area is 224 Å². The maximum absolute atomic E-state index is 13.2. The van der Waals surface area contributed by atoms with Crippen LogP contribution in [0.3, 0.4) is 0 Å². The Morgan fingerprint density at radius 1 is 0.921 bits per heavy atom. The lowest BCUT2D eigenvalue weighted by Gasteiger charge is -2.25. The normalized spacial score (nSPS) is 12.8. The van der Waals surface area contributed by atoms with Crippen molar-refractivity contribution >= 4 is 17.7 Å². The first-order valence-corrected chi connectivity index (χ1v) is 12.6. The lowest BCUT2D eigenvalue weighted by Crippen LogP contribution is -2.48. The van der Waals surface area contributed by atoms with E-state index in [9.17, 15) is 14.7 Å². The lowest BCUT2D eigenvalue weighted by molar-refractivity contribution is 0.0635. The van der Waals surface area contributed by atoms with Gasteiger partial charge in [-0.05, 0) is 68.7 Å². The number of amides is 2. The van der Waals surface area contributed by atoms with Crippen molar-refractivity contribution in [2.75, 3.05) is 19.0 Å². The van der Waals surface area contributed by atoms with Crippen LogP contribution in [0.4, 0.5) is 10.5 Å². The third-order valence-corrected chi connectivity index (χ3v) is 5.67. The van der Waals surface area contributed by atoms with Crippen molar-refractivity contribution in [1.29, 1.82) is 0 Å². The minimum absolute atomic E-state index is 0.273. The van der Waals surface area contributed by atoms with Gasteiger partial charge in [-0.25, -0.2) is 4.79 Å². The van der Waals surface area contributed by atoms with Gasteiger partial charge < -0.3 is 25.2 Å². The van der Waals surface area contributed by atoms with Crippen LogP contribution in [0.25, 0.3) is 0 Å². The summed E-state index contributed by atoms with van der Waals surface area (Å²) in [5.74, 6) is 0.410. The largest absolute Gasteiger partial charge is 0.497 e. The Bertz CT molecular complexity index is 1190. The van der Waals surface area contributed by atoms with E-state index in [4.69, 9.17) is 9.47 Å². The molecule has 2 amide bonds. The van der Waals surface area contributed by atoms with Crippen molar-refractivity contribution < 1.29 is 24.2 Å². The maximum atomic E-state index is 13.2. The number of ether oxygens (including phenoxy) is 2. The molecule has 0 spiro atoms. The molecule has 0 radical (unpaired) electrons. The number of carbonyl (C=O) groups excluding carboxylic acids is 2. The van der Waals surface area contributed by atoms with Crippen LogP contribution < -0.4 is 20.7 Å².